The van der Waals surface area contributed by atoms with Gasteiger partial charge in [0.2, 0.25) is 11.9 Å². The van der Waals surface area contributed by atoms with E-state index in [-0.39, 0.29) is 35.7 Å². The first-order valence-corrected chi connectivity index (χ1v) is 9.16. The number of ether oxygens (including phenoxy) is 1. The Labute approximate surface area is 167 Å². The molecule has 1 aliphatic heterocycles. The number of aromatic nitrogens is 4. The second-order valence-electron chi connectivity index (χ2n) is 6.98. The smallest absolute Gasteiger partial charge is 0.327 e. The number of benzene rings is 1. The zero-order chi connectivity index (χ0) is 20.8. The molecule has 1 aromatic carbocycles. The van der Waals surface area contributed by atoms with E-state index in [4.69, 9.17) is 4.74 Å². The van der Waals surface area contributed by atoms with E-state index >= 15 is 0 Å². The summed E-state index contributed by atoms with van der Waals surface area (Å²) in [6.45, 7) is 0. The second-order valence-corrected chi connectivity index (χ2v) is 6.98. The Kier molecular flexibility index (Phi) is 4.16. The molecule has 3 heterocycles. The minimum atomic E-state index is -0.896. The van der Waals surface area contributed by atoms with Crippen molar-refractivity contribution in [1.82, 2.24) is 24.9 Å². The van der Waals surface area contributed by atoms with E-state index in [0.29, 0.717) is 23.2 Å². The van der Waals surface area contributed by atoms with Crippen LogP contribution in [0.4, 0.5) is 14.7 Å². The maximum absolute atomic E-state index is 14.0. The molecular weight excluding hydrogens is 398 g/mol. The molecule has 0 spiro atoms. The van der Waals surface area contributed by atoms with Crippen LogP contribution in [0.25, 0.3) is 11.7 Å². The Morgan fingerprint density at radius 3 is 2.77 bits per heavy atom. The van der Waals surface area contributed by atoms with Crippen molar-refractivity contribution >= 4 is 29.5 Å². The van der Waals surface area contributed by atoms with Gasteiger partial charge in [-0.25, -0.2) is 8.78 Å². The minimum absolute atomic E-state index is 0.0431. The normalized spacial score (nSPS) is 17.6. The number of nitrogens with zero attached hydrogens (tertiary/aromatic N) is 4. The standard InChI is InChI=1S/C19H14F2N6O3/c20-11-1-4-14(13(21)7-11)30-19-25-16-10(5-9-6-15(28)24-17(9)29)8-22-27(16)18(26-19)23-12-2-3-12/h1,4-5,7-8,12H,2-3,6H2,(H,23,25,26)(H,24,28,29)/b9-5+. The van der Waals surface area contributed by atoms with Crippen molar-refractivity contribution in [1.29, 1.82) is 0 Å². The number of amides is 2. The second kappa shape index (κ2) is 6.87. The molecule has 5 rings (SSSR count). The van der Waals surface area contributed by atoms with E-state index in [2.05, 4.69) is 25.7 Å². The Morgan fingerprint density at radius 2 is 2.07 bits per heavy atom. The first-order chi connectivity index (χ1) is 14.5. The van der Waals surface area contributed by atoms with Crippen LogP contribution in [0, 0.1) is 11.6 Å². The molecule has 1 saturated carbocycles. The molecule has 3 aromatic rings. The van der Waals surface area contributed by atoms with Gasteiger partial charge in [-0.05, 0) is 31.1 Å². The molecular formula is C19H14F2N6O3. The highest BCUT2D eigenvalue weighted by molar-refractivity contribution is 6.15. The van der Waals surface area contributed by atoms with Crippen LogP contribution in [0.3, 0.4) is 0 Å². The maximum atomic E-state index is 14.0. The van der Waals surface area contributed by atoms with E-state index < -0.39 is 17.5 Å². The molecule has 1 aliphatic carbocycles. The summed E-state index contributed by atoms with van der Waals surface area (Å²) in [5.41, 5.74) is 1.03. The fraction of sp³-hybridized carbons (Fsp3) is 0.211. The van der Waals surface area contributed by atoms with E-state index in [9.17, 15) is 18.4 Å². The molecule has 2 amide bonds. The number of carbonyl (C=O) groups is 2. The Bertz CT molecular complexity index is 1230. The lowest BCUT2D eigenvalue weighted by molar-refractivity contribution is -0.124. The van der Waals surface area contributed by atoms with Crippen molar-refractivity contribution in [2.75, 3.05) is 5.32 Å². The number of carbonyl (C=O) groups excluding carboxylic acids is 2. The molecule has 2 aromatic heterocycles. The molecule has 0 bridgehead atoms. The Balaban J connectivity index is 1.58. The largest absolute Gasteiger partial charge is 0.421 e. The molecule has 0 radical (unpaired) electrons. The van der Waals surface area contributed by atoms with Crippen molar-refractivity contribution in [3.8, 4) is 11.8 Å². The molecule has 0 unspecified atom stereocenters. The average Bonchev–Trinajstić information content (AvgIpc) is 3.33. The van der Waals surface area contributed by atoms with Crippen LogP contribution >= 0.6 is 0 Å². The van der Waals surface area contributed by atoms with Crippen molar-refractivity contribution in [2.24, 2.45) is 0 Å². The average molecular weight is 412 g/mol. The topological polar surface area (TPSA) is 111 Å². The fourth-order valence-corrected chi connectivity index (χ4v) is 2.99. The van der Waals surface area contributed by atoms with Gasteiger partial charge < -0.3 is 10.1 Å². The number of fused-ring (bicyclic) bond motifs is 1. The molecule has 1 saturated heterocycles. The quantitative estimate of drug-likeness (QED) is 0.488. The van der Waals surface area contributed by atoms with Crippen LogP contribution in [-0.2, 0) is 9.59 Å². The number of halogens is 2. The molecule has 2 fully saturated rings. The molecule has 11 heteroatoms. The van der Waals surface area contributed by atoms with Crippen LogP contribution in [0.5, 0.6) is 11.8 Å². The van der Waals surface area contributed by atoms with Gasteiger partial charge in [-0.2, -0.15) is 19.6 Å². The Hall–Kier alpha value is -3.89. The molecule has 0 atom stereocenters. The lowest BCUT2D eigenvalue weighted by Crippen LogP contribution is -2.19. The molecule has 2 aliphatic rings. The molecule has 9 nitrogen and oxygen atoms in total. The van der Waals surface area contributed by atoms with Gasteiger partial charge in [-0.15, -0.1) is 0 Å². The number of anilines is 1. The van der Waals surface area contributed by atoms with Gasteiger partial charge in [0.25, 0.3) is 5.91 Å². The van der Waals surface area contributed by atoms with Crippen LogP contribution < -0.4 is 15.4 Å². The monoisotopic (exact) mass is 412 g/mol. The number of hydrogen-bond acceptors (Lipinski definition) is 7. The summed E-state index contributed by atoms with van der Waals surface area (Å²) in [5.74, 6) is -2.40. The van der Waals surface area contributed by atoms with Crippen LogP contribution in [-0.4, -0.2) is 37.4 Å². The molecule has 2 N–H and O–H groups in total. The summed E-state index contributed by atoms with van der Waals surface area (Å²) in [4.78, 5) is 31.8. The van der Waals surface area contributed by atoms with E-state index in [1.54, 1.807) is 0 Å². The van der Waals surface area contributed by atoms with Crippen LogP contribution in [0.2, 0.25) is 0 Å². The highest BCUT2D eigenvalue weighted by Crippen LogP contribution is 2.28. The predicted molar refractivity (Wildman–Crippen MR) is 99.6 cm³/mol. The van der Waals surface area contributed by atoms with Crippen LogP contribution in [0.1, 0.15) is 24.8 Å². The third kappa shape index (κ3) is 3.45. The van der Waals surface area contributed by atoms with E-state index in [0.717, 1.165) is 25.0 Å². The predicted octanol–water partition coefficient (Wildman–Crippen LogP) is 2.20. The van der Waals surface area contributed by atoms with Crippen molar-refractivity contribution in [3.63, 3.8) is 0 Å². The zero-order valence-electron chi connectivity index (χ0n) is 15.4. The lowest BCUT2D eigenvalue weighted by atomic mass is 10.1. The first kappa shape index (κ1) is 18.2. The first-order valence-electron chi connectivity index (χ1n) is 9.16. The zero-order valence-corrected chi connectivity index (χ0v) is 15.4. The SMILES string of the molecule is O=C1C/C(=C\c2cnn3c(NC4CC4)nc(Oc4ccc(F)cc4F)nc23)C(=O)N1. The number of imide groups is 1. The van der Waals surface area contributed by atoms with Crippen molar-refractivity contribution in [2.45, 2.75) is 25.3 Å². The minimum Gasteiger partial charge on any atom is -0.421 e. The summed E-state index contributed by atoms with van der Waals surface area (Å²) in [5, 5.41) is 9.66. The highest BCUT2D eigenvalue weighted by Gasteiger charge is 2.26. The summed E-state index contributed by atoms with van der Waals surface area (Å²) in [6, 6.07) is 2.94. The van der Waals surface area contributed by atoms with E-state index in [1.807, 2.05) is 0 Å². The van der Waals surface area contributed by atoms with Gasteiger partial charge in [0.1, 0.15) is 5.82 Å². The summed E-state index contributed by atoms with van der Waals surface area (Å²) in [7, 11) is 0. The maximum Gasteiger partial charge on any atom is 0.327 e. The van der Waals surface area contributed by atoms with Gasteiger partial charge in [-0.1, -0.05) is 0 Å². The van der Waals surface area contributed by atoms with Gasteiger partial charge in [0.05, 0.1) is 12.6 Å². The highest BCUT2D eigenvalue weighted by atomic mass is 19.1. The molecule has 30 heavy (non-hydrogen) atoms. The summed E-state index contributed by atoms with van der Waals surface area (Å²) in [6.07, 6.45) is 4.88. The lowest BCUT2D eigenvalue weighted by Gasteiger charge is -2.10. The van der Waals surface area contributed by atoms with Gasteiger partial charge in [0.15, 0.2) is 17.2 Å². The Morgan fingerprint density at radius 1 is 1.23 bits per heavy atom. The van der Waals surface area contributed by atoms with Crippen molar-refractivity contribution < 1.29 is 23.1 Å². The third-order valence-corrected chi connectivity index (χ3v) is 4.61. The van der Waals surface area contributed by atoms with Crippen molar-refractivity contribution in [3.05, 3.63) is 47.2 Å². The number of hydrogen-bond donors (Lipinski definition) is 2. The van der Waals surface area contributed by atoms with E-state index in [1.165, 1.54) is 16.8 Å². The number of rotatable bonds is 5. The van der Waals surface area contributed by atoms with Gasteiger partial charge in [-0.3, -0.25) is 14.9 Å². The van der Waals surface area contributed by atoms with Crippen LogP contribution in [0.15, 0.2) is 30.0 Å². The molecule has 152 valence electrons. The summed E-state index contributed by atoms with van der Waals surface area (Å²) < 4.78 is 34.0. The fourth-order valence-electron chi connectivity index (χ4n) is 2.99. The third-order valence-electron chi connectivity index (χ3n) is 4.61. The summed E-state index contributed by atoms with van der Waals surface area (Å²) >= 11 is 0. The van der Waals surface area contributed by atoms with Gasteiger partial charge in [0, 0.05) is 23.2 Å². The van der Waals surface area contributed by atoms with Gasteiger partial charge >= 0.3 is 6.01 Å². The number of nitrogens with one attached hydrogen (secondary N) is 2.